The molecule has 0 saturated heterocycles. The number of aliphatic carboxylic acids is 1. The topological polar surface area (TPSA) is 110 Å². The van der Waals surface area contributed by atoms with Crippen LogP contribution in [0.15, 0.2) is 30.3 Å². The predicted molar refractivity (Wildman–Crippen MR) is 162 cm³/mol. The Hall–Kier alpha value is -2.63. The number of benzene rings is 1. The van der Waals surface area contributed by atoms with Gasteiger partial charge in [-0.1, -0.05) is 53.7 Å². The molecule has 0 bridgehead atoms. The number of carboxylic acids is 1. The minimum atomic E-state index is -3.62. The molecule has 2 rings (SSSR count). The molecule has 0 radical (unpaired) electrons. The van der Waals surface area contributed by atoms with E-state index in [4.69, 9.17) is 4.43 Å². The number of allylic oxidation sites excluding steroid dienone is 1. The smallest absolute Gasteiger partial charge is 0.305 e. The van der Waals surface area contributed by atoms with Crippen LogP contribution in [0.25, 0.3) is 17.3 Å². The largest absolute Gasteiger partial charge is 0.481 e. The van der Waals surface area contributed by atoms with E-state index < -0.39 is 36.2 Å². The van der Waals surface area contributed by atoms with Gasteiger partial charge in [-0.3, -0.25) is 4.79 Å². The standard InChI is InChI=1S/C29H44FN3O5SSi/c1-19(2)26-24(16-11-20(3)17-23(18-25(34)35)38-40(9,10)29(4,5)6)27(21-12-14-22(30)15-13-21)32-28(31-26)33(7)39(8,36)37/h11-16,19-20,23H,17-18H2,1-10H3,(H,34,35)/b16-11+/t20-,23+/m0/s1. The van der Waals surface area contributed by atoms with Gasteiger partial charge in [0.2, 0.25) is 16.0 Å². The molecule has 8 nitrogen and oxygen atoms in total. The summed E-state index contributed by atoms with van der Waals surface area (Å²) in [5.74, 6) is -1.40. The fourth-order valence-electron chi connectivity index (χ4n) is 3.91. The van der Waals surface area contributed by atoms with Crippen molar-refractivity contribution in [1.82, 2.24) is 9.97 Å². The lowest BCUT2D eigenvalue weighted by Crippen LogP contribution is -2.44. The Labute approximate surface area is 239 Å². The maximum atomic E-state index is 13.7. The zero-order chi connectivity index (χ0) is 30.6. The van der Waals surface area contributed by atoms with Crippen molar-refractivity contribution < 1.29 is 27.1 Å². The zero-order valence-electron chi connectivity index (χ0n) is 25.3. The van der Waals surface area contributed by atoms with Crippen LogP contribution in [0.1, 0.15) is 71.6 Å². The van der Waals surface area contributed by atoms with Gasteiger partial charge in [0.05, 0.1) is 30.2 Å². The Morgan fingerprint density at radius 1 is 1.15 bits per heavy atom. The van der Waals surface area contributed by atoms with Gasteiger partial charge >= 0.3 is 5.97 Å². The van der Waals surface area contributed by atoms with E-state index in [1.165, 1.54) is 19.2 Å². The summed E-state index contributed by atoms with van der Waals surface area (Å²) in [5.41, 5.74) is 2.43. The summed E-state index contributed by atoms with van der Waals surface area (Å²) in [4.78, 5) is 20.8. The highest BCUT2D eigenvalue weighted by atomic mass is 32.2. The molecule has 0 aliphatic heterocycles. The van der Waals surface area contributed by atoms with Crippen LogP contribution < -0.4 is 4.31 Å². The molecule has 1 N–H and O–H groups in total. The van der Waals surface area contributed by atoms with Crippen molar-refractivity contribution in [3.05, 3.63) is 47.4 Å². The first-order valence-corrected chi connectivity index (χ1v) is 18.2. The predicted octanol–water partition coefficient (Wildman–Crippen LogP) is 6.71. The number of rotatable bonds is 12. The highest BCUT2D eigenvalue weighted by Crippen LogP contribution is 2.38. The zero-order valence-corrected chi connectivity index (χ0v) is 27.1. The molecule has 1 aromatic carbocycles. The molecule has 40 heavy (non-hydrogen) atoms. The van der Waals surface area contributed by atoms with Gasteiger partial charge in [-0.15, -0.1) is 0 Å². The summed E-state index contributed by atoms with van der Waals surface area (Å²) in [6, 6.07) is 5.86. The van der Waals surface area contributed by atoms with E-state index in [0.717, 1.165) is 10.6 Å². The van der Waals surface area contributed by atoms with Gasteiger partial charge in [0.25, 0.3) is 0 Å². The lowest BCUT2D eigenvalue weighted by Gasteiger charge is -2.39. The second-order valence-corrected chi connectivity index (χ2v) is 19.0. The molecule has 0 unspecified atom stereocenters. The number of carbonyl (C=O) groups is 1. The number of nitrogens with zero attached hydrogens (tertiary/aromatic N) is 3. The summed E-state index contributed by atoms with van der Waals surface area (Å²) < 4.78 is 45.8. The van der Waals surface area contributed by atoms with E-state index in [9.17, 15) is 22.7 Å². The summed E-state index contributed by atoms with van der Waals surface area (Å²) in [7, 11) is -4.42. The van der Waals surface area contributed by atoms with Crippen LogP contribution in [0.4, 0.5) is 10.3 Å². The van der Waals surface area contributed by atoms with E-state index >= 15 is 0 Å². The monoisotopic (exact) mass is 593 g/mol. The number of halogens is 1. The van der Waals surface area contributed by atoms with Gasteiger partial charge in [0.15, 0.2) is 8.32 Å². The van der Waals surface area contributed by atoms with E-state index in [1.54, 1.807) is 12.1 Å². The van der Waals surface area contributed by atoms with Crippen molar-refractivity contribution >= 4 is 36.3 Å². The van der Waals surface area contributed by atoms with E-state index in [1.807, 2.05) is 32.9 Å². The number of carboxylic acid groups (broad SMARTS) is 1. The van der Waals surface area contributed by atoms with E-state index in [2.05, 4.69) is 43.8 Å². The van der Waals surface area contributed by atoms with Crippen molar-refractivity contribution in [3.63, 3.8) is 0 Å². The molecule has 1 heterocycles. The first kappa shape index (κ1) is 33.6. The Kier molecular flexibility index (Phi) is 10.8. The van der Waals surface area contributed by atoms with Gasteiger partial charge < -0.3 is 9.53 Å². The third-order valence-corrected chi connectivity index (χ3v) is 13.0. The van der Waals surface area contributed by atoms with Gasteiger partial charge in [-0.2, -0.15) is 0 Å². The maximum absolute atomic E-state index is 13.7. The number of hydrogen-bond donors (Lipinski definition) is 1. The van der Waals surface area contributed by atoms with Crippen LogP contribution in [0.5, 0.6) is 0 Å². The van der Waals surface area contributed by atoms with Crippen LogP contribution in [0.2, 0.25) is 18.1 Å². The van der Waals surface area contributed by atoms with Crippen molar-refractivity contribution in [2.75, 3.05) is 17.6 Å². The molecule has 11 heteroatoms. The second kappa shape index (κ2) is 12.9. The van der Waals surface area contributed by atoms with Gasteiger partial charge in [0, 0.05) is 18.2 Å². The first-order valence-electron chi connectivity index (χ1n) is 13.4. The third-order valence-electron chi connectivity index (χ3n) is 7.30. The molecule has 0 amide bonds. The molecule has 0 aliphatic rings. The van der Waals surface area contributed by atoms with Gasteiger partial charge in [0.1, 0.15) is 5.82 Å². The quantitative estimate of drug-likeness (QED) is 0.273. The maximum Gasteiger partial charge on any atom is 0.305 e. The Morgan fingerprint density at radius 2 is 1.73 bits per heavy atom. The minimum absolute atomic E-state index is 0.0278. The number of aromatic nitrogens is 2. The summed E-state index contributed by atoms with van der Waals surface area (Å²) in [6.07, 6.45) is 4.93. The Bertz CT molecular complexity index is 1320. The number of sulfonamides is 1. The average molecular weight is 594 g/mol. The van der Waals surface area contributed by atoms with Crippen LogP contribution in [0.3, 0.4) is 0 Å². The van der Waals surface area contributed by atoms with Crippen LogP contribution in [-0.4, -0.2) is 57.2 Å². The van der Waals surface area contributed by atoms with Crippen molar-refractivity contribution in [1.29, 1.82) is 0 Å². The Balaban J connectivity index is 2.57. The number of anilines is 1. The first-order chi connectivity index (χ1) is 18.2. The molecule has 0 saturated carbocycles. The third kappa shape index (κ3) is 8.94. The molecule has 0 fully saturated rings. The van der Waals surface area contributed by atoms with E-state index in [-0.39, 0.29) is 29.2 Å². The molecule has 1 aromatic heterocycles. The van der Waals surface area contributed by atoms with Crippen LogP contribution >= 0.6 is 0 Å². The van der Waals surface area contributed by atoms with Crippen LogP contribution in [-0.2, 0) is 19.2 Å². The van der Waals surface area contributed by atoms with Crippen molar-refractivity contribution in [3.8, 4) is 11.3 Å². The molecular weight excluding hydrogens is 549 g/mol. The lowest BCUT2D eigenvalue weighted by molar-refractivity contribution is -0.139. The number of hydrogen-bond acceptors (Lipinski definition) is 6. The fraction of sp³-hybridized carbons (Fsp3) is 0.552. The fourth-order valence-corrected chi connectivity index (χ4v) is 5.66. The normalized spacial score (nSPS) is 14.5. The molecule has 2 atom stereocenters. The highest BCUT2D eigenvalue weighted by Gasteiger charge is 2.39. The molecule has 222 valence electrons. The minimum Gasteiger partial charge on any atom is -0.481 e. The molecule has 2 aromatic rings. The second-order valence-electron chi connectivity index (χ2n) is 12.2. The highest BCUT2D eigenvalue weighted by molar-refractivity contribution is 7.92. The van der Waals surface area contributed by atoms with Crippen molar-refractivity contribution in [2.24, 2.45) is 5.92 Å². The van der Waals surface area contributed by atoms with Crippen LogP contribution in [0, 0.1) is 11.7 Å². The SMILES string of the molecule is CC(C)c1nc(N(C)S(C)(=O)=O)nc(-c2ccc(F)cc2)c1/C=C/[C@H](C)C[C@H](CC(=O)O)O[Si](C)(C)C(C)(C)C. The molecule has 0 aliphatic carbocycles. The average Bonchev–Trinajstić information content (AvgIpc) is 2.80. The van der Waals surface area contributed by atoms with Gasteiger partial charge in [-0.05, 0) is 60.7 Å². The Morgan fingerprint density at radius 3 is 2.20 bits per heavy atom. The van der Waals surface area contributed by atoms with Crippen molar-refractivity contribution in [2.45, 2.75) is 84.5 Å². The van der Waals surface area contributed by atoms with Gasteiger partial charge in [-0.25, -0.2) is 27.1 Å². The summed E-state index contributed by atoms with van der Waals surface area (Å²) >= 11 is 0. The molecule has 0 spiro atoms. The van der Waals surface area contributed by atoms with E-state index in [0.29, 0.717) is 28.9 Å². The summed E-state index contributed by atoms with van der Waals surface area (Å²) in [6.45, 7) is 16.5. The summed E-state index contributed by atoms with van der Waals surface area (Å²) in [5, 5.41) is 9.48. The lowest BCUT2D eigenvalue weighted by atomic mass is 9.95. The molecular formula is C29H44FN3O5SSi.